The molecule has 0 radical (unpaired) electrons. The summed E-state index contributed by atoms with van der Waals surface area (Å²) in [6, 6.07) is 11.0. The van der Waals surface area contributed by atoms with Crippen molar-refractivity contribution in [1.82, 2.24) is 4.98 Å². The zero-order valence-electron chi connectivity index (χ0n) is 11.3. The van der Waals surface area contributed by atoms with E-state index in [1.807, 2.05) is 19.1 Å². The summed E-state index contributed by atoms with van der Waals surface area (Å²) in [6.45, 7) is 1.99. The maximum atomic E-state index is 12.1. The van der Waals surface area contributed by atoms with Crippen molar-refractivity contribution in [3.8, 4) is 5.75 Å². The highest BCUT2D eigenvalue weighted by Gasteiger charge is 2.23. The van der Waals surface area contributed by atoms with E-state index < -0.39 is 0 Å². The predicted octanol–water partition coefficient (Wildman–Crippen LogP) is 3.18. The van der Waals surface area contributed by atoms with Crippen LogP contribution in [0.1, 0.15) is 28.8 Å². The second kappa shape index (κ2) is 5.33. The van der Waals surface area contributed by atoms with Gasteiger partial charge in [-0.05, 0) is 38.0 Å². The molecule has 1 aliphatic rings. The van der Waals surface area contributed by atoms with E-state index in [1.165, 1.54) is 0 Å². The van der Waals surface area contributed by atoms with Crippen LogP contribution in [0.3, 0.4) is 0 Å². The zero-order chi connectivity index (χ0) is 13.9. The fraction of sp³-hybridized carbons (Fsp3) is 0.250. The number of amides is 1. The van der Waals surface area contributed by atoms with Gasteiger partial charge in [0.25, 0.3) is 5.91 Å². The highest BCUT2D eigenvalue weighted by atomic mass is 16.5. The van der Waals surface area contributed by atoms with Crippen molar-refractivity contribution in [2.24, 2.45) is 0 Å². The highest BCUT2D eigenvalue weighted by molar-refractivity contribution is 6.03. The molecule has 1 amide bonds. The Hall–Kier alpha value is -2.36. The molecule has 0 bridgehead atoms. The van der Waals surface area contributed by atoms with Crippen molar-refractivity contribution < 1.29 is 9.53 Å². The van der Waals surface area contributed by atoms with Crippen LogP contribution in [0.5, 0.6) is 5.75 Å². The molecule has 1 aliphatic carbocycles. The first-order valence-electron chi connectivity index (χ1n) is 6.71. The zero-order valence-corrected chi connectivity index (χ0v) is 11.3. The number of anilines is 1. The van der Waals surface area contributed by atoms with Gasteiger partial charge in [-0.15, -0.1) is 0 Å². The minimum atomic E-state index is -0.166. The fourth-order valence-corrected chi connectivity index (χ4v) is 1.82. The molecule has 0 atom stereocenters. The number of hydrogen-bond acceptors (Lipinski definition) is 3. The third kappa shape index (κ3) is 3.15. The van der Waals surface area contributed by atoms with Gasteiger partial charge in [0.2, 0.25) is 0 Å². The van der Waals surface area contributed by atoms with Crippen LogP contribution in [0.4, 0.5) is 5.82 Å². The Balaban J connectivity index is 1.69. The summed E-state index contributed by atoms with van der Waals surface area (Å²) in [5.74, 6) is 1.09. The van der Waals surface area contributed by atoms with Crippen molar-refractivity contribution >= 4 is 11.7 Å². The Bertz CT molecular complexity index is 619. The standard InChI is InChI=1S/C16H16N2O2/c1-11-2-4-12(5-3-11)16(19)18-15-10-14(8-9-17-15)20-13-6-7-13/h2-5,8-10,13H,6-7H2,1H3,(H,17,18,19). The van der Waals surface area contributed by atoms with Gasteiger partial charge in [-0.25, -0.2) is 4.98 Å². The van der Waals surface area contributed by atoms with Crippen LogP contribution in [-0.4, -0.2) is 17.0 Å². The molecule has 4 nitrogen and oxygen atoms in total. The van der Waals surface area contributed by atoms with Crippen LogP contribution in [0, 0.1) is 6.92 Å². The predicted molar refractivity (Wildman–Crippen MR) is 77.0 cm³/mol. The largest absolute Gasteiger partial charge is 0.490 e. The summed E-state index contributed by atoms with van der Waals surface area (Å²) in [5.41, 5.74) is 1.74. The molecule has 0 saturated heterocycles. The number of aryl methyl sites for hydroxylation is 1. The number of aromatic nitrogens is 1. The van der Waals surface area contributed by atoms with Crippen molar-refractivity contribution in [2.75, 3.05) is 5.32 Å². The van der Waals surface area contributed by atoms with Gasteiger partial charge in [0, 0.05) is 17.8 Å². The van der Waals surface area contributed by atoms with E-state index in [2.05, 4.69) is 10.3 Å². The third-order valence-electron chi connectivity index (χ3n) is 3.11. The Morgan fingerprint density at radius 2 is 2.00 bits per heavy atom. The fourth-order valence-electron chi connectivity index (χ4n) is 1.82. The van der Waals surface area contributed by atoms with Crippen LogP contribution in [-0.2, 0) is 0 Å². The van der Waals surface area contributed by atoms with E-state index >= 15 is 0 Å². The number of carbonyl (C=O) groups is 1. The van der Waals surface area contributed by atoms with Gasteiger partial charge in [0.05, 0.1) is 6.10 Å². The van der Waals surface area contributed by atoms with Gasteiger partial charge in [-0.1, -0.05) is 17.7 Å². The monoisotopic (exact) mass is 268 g/mol. The lowest BCUT2D eigenvalue weighted by Gasteiger charge is -2.07. The first-order valence-corrected chi connectivity index (χ1v) is 6.71. The second-order valence-electron chi connectivity index (χ2n) is 5.01. The summed E-state index contributed by atoms with van der Waals surface area (Å²) >= 11 is 0. The van der Waals surface area contributed by atoms with Crippen LogP contribution in [0.15, 0.2) is 42.6 Å². The summed E-state index contributed by atoms with van der Waals surface area (Å²) in [4.78, 5) is 16.2. The van der Waals surface area contributed by atoms with Crippen LogP contribution >= 0.6 is 0 Å². The number of pyridine rings is 1. The molecule has 1 saturated carbocycles. The summed E-state index contributed by atoms with van der Waals surface area (Å²) in [7, 11) is 0. The molecule has 102 valence electrons. The number of hydrogen-bond donors (Lipinski definition) is 1. The lowest BCUT2D eigenvalue weighted by molar-refractivity contribution is 0.102. The molecule has 1 aromatic heterocycles. The molecule has 1 heterocycles. The molecule has 0 unspecified atom stereocenters. The molecule has 20 heavy (non-hydrogen) atoms. The third-order valence-corrected chi connectivity index (χ3v) is 3.11. The van der Waals surface area contributed by atoms with Gasteiger partial charge >= 0.3 is 0 Å². The van der Waals surface area contributed by atoms with E-state index in [4.69, 9.17) is 4.74 Å². The molecule has 0 aliphatic heterocycles. The molecule has 1 aromatic carbocycles. The Labute approximate surface area is 117 Å². The maximum Gasteiger partial charge on any atom is 0.256 e. The van der Waals surface area contributed by atoms with Crippen molar-refractivity contribution in [1.29, 1.82) is 0 Å². The quantitative estimate of drug-likeness (QED) is 0.926. The van der Waals surface area contributed by atoms with Gasteiger partial charge in [0.15, 0.2) is 0 Å². The summed E-state index contributed by atoms with van der Waals surface area (Å²) in [6.07, 6.45) is 4.18. The number of benzene rings is 1. The molecule has 0 spiro atoms. The van der Waals surface area contributed by atoms with Crippen molar-refractivity contribution in [3.05, 3.63) is 53.7 Å². The van der Waals surface area contributed by atoms with Gasteiger partial charge in [-0.3, -0.25) is 4.79 Å². The average molecular weight is 268 g/mol. The molecule has 1 fully saturated rings. The number of nitrogens with zero attached hydrogens (tertiary/aromatic N) is 1. The summed E-state index contributed by atoms with van der Waals surface area (Å²) in [5, 5.41) is 2.78. The van der Waals surface area contributed by atoms with Gasteiger partial charge in [0.1, 0.15) is 11.6 Å². The van der Waals surface area contributed by atoms with Gasteiger partial charge < -0.3 is 10.1 Å². The topological polar surface area (TPSA) is 51.2 Å². The average Bonchev–Trinajstić information content (AvgIpc) is 3.24. The van der Waals surface area contributed by atoms with E-state index in [0.29, 0.717) is 17.5 Å². The lowest BCUT2D eigenvalue weighted by atomic mass is 10.1. The van der Waals surface area contributed by atoms with Crippen LogP contribution < -0.4 is 10.1 Å². The number of ether oxygens (including phenoxy) is 1. The first kappa shape index (κ1) is 12.7. The summed E-state index contributed by atoms with van der Waals surface area (Å²) < 4.78 is 5.68. The molecule has 3 rings (SSSR count). The maximum absolute atomic E-state index is 12.1. The highest BCUT2D eigenvalue weighted by Crippen LogP contribution is 2.27. The van der Waals surface area contributed by atoms with Crippen molar-refractivity contribution in [3.63, 3.8) is 0 Å². The Kier molecular flexibility index (Phi) is 3.37. The van der Waals surface area contributed by atoms with Gasteiger partial charge in [-0.2, -0.15) is 0 Å². The molecular weight excluding hydrogens is 252 g/mol. The van der Waals surface area contributed by atoms with E-state index in [1.54, 1.807) is 30.5 Å². The lowest BCUT2D eigenvalue weighted by Crippen LogP contribution is -2.13. The minimum Gasteiger partial charge on any atom is -0.490 e. The molecular formula is C16H16N2O2. The molecule has 1 N–H and O–H groups in total. The molecule has 4 heteroatoms. The number of carbonyl (C=O) groups excluding carboxylic acids is 1. The normalized spacial score (nSPS) is 13.8. The van der Waals surface area contributed by atoms with Crippen LogP contribution in [0.25, 0.3) is 0 Å². The van der Waals surface area contributed by atoms with E-state index in [0.717, 1.165) is 24.2 Å². The minimum absolute atomic E-state index is 0.166. The SMILES string of the molecule is Cc1ccc(C(=O)Nc2cc(OC3CC3)ccn2)cc1. The Morgan fingerprint density at radius 1 is 1.25 bits per heavy atom. The number of nitrogens with one attached hydrogen (secondary N) is 1. The smallest absolute Gasteiger partial charge is 0.256 e. The van der Waals surface area contributed by atoms with Crippen LogP contribution in [0.2, 0.25) is 0 Å². The van der Waals surface area contributed by atoms with Crippen molar-refractivity contribution in [2.45, 2.75) is 25.9 Å². The Morgan fingerprint density at radius 3 is 2.70 bits per heavy atom. The van der Waals surface area contributed by atoms with E-state index in [9.17, 15) is 4.79 Å². The first-order chi connectivity index (χ1) is 9.70. The number of rotatable bonds is 4. The second-order valence-corrected chi connectivity index (χ2v) is 5.01. The molecule has 2 aromatic rings. The van der Waals surface area contributed by atoms with E-state index in [-0.39, 0.29) is 5.91 Å².